The van der Waals surface area contributed by atoms with Gasteiger partial charge >= 0.3 is 0 Å². The van der Waals surface area contributed by atoms with Crippen molar-refractivity contribution in [3.63, 3.8) is 0 Å². The van der Waals surface area contributed by atoms with Crippen molar-refractivity contribution in [1.29, 1.82) is 0 Å². The summed E-state index contributed by atoms with van der Waals surface area (Å²) in [6.45, 7) is 2.82. The van der Waals surface area contributed by atoms with Crippen LogP contribution in [-0.4, -0.2) is 62.3 Å². The van der Waals surface area contributed by atoms with Crippen LogP contribution in [0.1, 0.15) is 53.3 Å². The van der Waals surface area contributed by atoms with Gasteiger partial charge in [0, 0.05) is 23.5 Å². The fraction of sp³-hybridized carbons (Fsp3) is 0.176. The monoisotopic (exact) mass is 884 g/mol. The molecular formula is C34H30F2N12O7S4. The van der Waals surface area contributed by atoms with Crippen molar-refractivity contribution in [1.82, 2.24) is 49.8 Å². The summed E-state index contributed by atoms with van der Waals surface area (Å²) < 4.78 is 86.7. The molecule has 8 rings (SSSR count). The van der Waals surface area contributed by atoms with Gasteiger partial charge < -0.3 is 13.9 Å². The summed E-state index contributed by atoms with van der Waals surface area (Å²) >= 11 is 2.70. The summed E-state index contributed by atoms with van der Waals surface area (Å²) in [5.41, 5.74) is 3.02. The predicted molar refractivity (Wildman–Crippen MR) is 210 cm³/mol. The second kappa shape index (κ2) is 16.5. The van der Waals surface area contributed by atoms with Crippen LogP contribution < -0.4 is 19.7 Å². The minimum atomic E-state index is -3.92. The largest absolute Gasteiger partial charge is 0.423 e. The summed E-state index contributed by atoms with van der Waals surface area (Å²) in [5, 5.41) is 37.1. The lowest BCUT2D eigenvalue weighted by atomic mass is 10.1. The molecule has 2 unspecified atom stereocenters. The molecule has 19 nitrogen and oxygen atoms in total. The van der Waals surface area contributed by atoms with E-state index in [-0.39, 0.29) is 36.7 Å². The van der Waals surface area contributed by atoms with Gasteiger partial charge in [0.05, 0.1) is 39.4 Å². The standard InChI is InChI=1S/C17H15FN6O4S2.C17H15FN6O3S2/c1-17(25,15-24-23-14(28-15)8-21-30(19,26)27)16-22-11-4-2-9(6-12(11)29-16)10-3-5-13(18)20-7-10;1-9(16-24-23-15(27-16)8-21-29(19,25)26)17-22-12-4-2-10(6-13(12)28-17)11-3-5-14(18)20-7-11/h2-7,21,25H,8H2,1H3,(H2,19,26,27);2-7,9,21H,8H2,1H3,(H2,19,25,26). The SMILES string of the molecule is CC(O)(c1nnc(CNS(N)(=O)=O)o1)c1nc2ccc(-c3ccc(F)nc3)cc2s1.CC(c1nnc(CNS(N)(=O)=O)o1)c1nc2ccc(-c3ccc(F)nc3)cc2s1. The number of benzene rings is 2. The van der Waals surface area contributed by atoms with Crippen LogP contribution in [0.15, 0.2) is 81.9 Å². The van der Waals surface area contributed by atoms with Gasteiger partial charge in [-0.25, -0.2) is 30.2 Å². The molecule has 0 bridgehead atoms. The van der Waals surface area contributed by atoms with Crippen LogP contribution in [0.5, 0.6) is 0 Å². The lowest BCUT2D eigenvalue weighted by molar-refractivity contribution is 0.0692. The molecule has 0 fully saturated rings. The molecule has 0 amide bonds. The molecule has 0 aliphatic heterocycles. The third-order valence-corrected chi connectivity index (χ3v) is 11.8. The number of nitrogens with two attached hydrogens (primary N) is 2. The van der Waals surface area contributed by atoms with E-state index in [1.165, 1.54) is 54.1 Å². The molecule has 0 saturated carbocycles. The summed E-state index contributed by atoms with van der Waals surface area (Å²) in [4.78, 5) is 16.4. The van der Waals surface area contributed by atoms with Crippen LogP contribution in [0, 0.1) is 11.9 Å². The topological polar surface area (TPSA) is 294 Å². The fourth-order valence-corrected chi connectivity index (χ4v) is 8.01. The van der Waals surface area contributed by atoms with Crippen LogP contribution in [-0.2, 0) is 39.1 Å². The molecule has 2 aromatic carbocycles. The Labute approximate surface area is 341 Å². The van der Waals surface area contributed by atoms with Gasteiger partial charge in [-0.3, -0.25) is 0 Å². The highest BCUT2D eigenvalue weighted by molar-refractivity contribution is 7.87. The smallest absolute Gasteiger partial charge is 0.274 e. The van der Waals surface area contributed by atoms with Crippen LogP contribution in [0.3, 0.4) is 0 Å². The third kappa shape index (κ3) is 10.2. The zero-order valence-corrected chi connectivity index (χ0v) is 33.7. The first-order valence-corrected chi connectivity index (χ1v) is 21.6. The van der Waals surface area contributed by atoms with Crippen molar-refractivity contribution < 1.29 is 39.6 Å². The predicted octanol–water partition coefficient (Wildman–Crippen LogP) is 3.75. The molecule has 0 saturated heterocycles. The highest BCUT2D eigenvalue weighted by Crippen LogP contribution is 2.36. The molecule has 59 heavy (non-hydrogen) atoms. The van der Waals surface area contributed by atoms with E-state index in [0.717, 1.165) is 42.2 Å². The van der Waals surface area contributed by atoms with E-state index in [4.69, 9.17) is 19.1 Å². The van der Waals surface area contributed by atoms with Crippen molar-refractivity contribution in [2.24, 2.45) is 10.3 Å². The van der Waals surface area contributed by atoms with E-state index < -0.39 is 37.9 Å². The number of hydrogen-bond acceptors (Lipinski definition) is 17. The van der Waals surface area contributed by atoms with Gasteiger partial charge in [0.1, 0.15) is 10.0 Å². The Balaban J connectivity index is 0.000000179. The number of rotatable bonds is 12. The number of aliphatic hydroxyl groups is 1. The number of thiazole rings is 2. The van der Waals surface area contributed by atoms with Crippen molar-refractivity contribution in [3.05, 3.63) is 119 Å². The zero-order valence-electron chi connectivity index (χ0n) is 30.4. The minimum Gasteiger partial charge on any atom is -0.423 e. The summed E-state index contributed by atoms with van der Waals surface area (Å²) in [7, 11) is -7.77. The molecule has 6 aromatic heterocycles. The van der Waals surface area contributed by atoms with Gasteiger partial charge in [-0.2, -0.15) is 35.1 Å². The average molecular weight is 885 g/mol. The molecule has 306 valence electrons. The summed E-state index contributed by atoms with van der Waals surface area (Å²) in [5.74, 6) is -1.15. The van der Waals surface area contributed by atoms with E-state index in [0.29, 0.717) is 16.4 Å². The first kappa shape index (κ1) is 41.5. The molecule has 6 heterocycles. The number of pyridine rings is 2. The van der Waals surface area contributed by atoms with Crippen molar-refractivity contribution in [2.45, 2.75) is 38.5 Å². The maximum atomic E-state index is 13.1. The van der Waals surface area contributed by atoms with Crippen LogP contribution in [0.2, 0.25) is 0 Å². The van der Waals surface area contributed by atoms with Gasteiger partial charge in [-0.1, -0.05) is 12.1 Å². The van der Waals surface area contributed by atoms with Gasteiger partial charge in [-0.15, -0.1) is 43.1 Å². The van der Waals surface area contributed by atoms with E-state index in [1.807, 2.05) is 42.0 Å². The van der Waals surface area contributed by atoms with Crippen molar-refractivity contribution >= 4 is 63.5 Å². The maximum absolute atomic E-state index is 13.1. The van der Waals surface area contributed by atoms with E-state index in [2.05, 4.69) is 45.1 Å². The summed E-state index contributed by atoms with van der Waals surface area (Å²) in [6.07, 6.45) is 2.92. The van der Waals surface area contributed by atoms with E-state index >= 15 is 0 Å². The molecule has 25 heteroatoms. The highest BCUT2D eigenvalue weighted by atomic mass is 32.2. The molecule has 0 spiro atoms. The minimum absolute atomic E-state index is 0.0634. The Morgan fingerprint density at radius 2 is 1.24 bits per heavy atom. The van der Waals surface area contributed by atoms with E-state index in [9.17, 15) is 30.7 Å². The molecule has 0 aliphatic rings. The molecular weight excluding hydrogens is 855 g/mol. The lowest BCUT2D eigenvalue weighted by Gasteiger charge is -2.15. The highest BCUT2D eigenvalue weighted by Gasteiger charge is 2.36. The number of hydrogen-bond donors (Lipinski definition) is 5. The first-order chi connectivity index (χ1) is 27.9. The maximum Gasteiger partial charge on any atom is 0.274 e. The molecule has 0 aliphatic carbocycles. The van der Waals surface area contributed by atoms with Crippen LogP contribution >= 0.6 is 22.7 Å². The second-order valence-electron chi connectivity index (χ2n) is 12.7. The number of nitrogens with zero attached hydrogens (tertiary/aromatic N) is 8. The van der Waals surface area contributed by atoms with Crippen LogP contribution in [0.4, 0.5) is 8.78 Å². The van der Waals surface area contributed by atoms with Crippen molar-refractivity contribution in [3.8, 4) is 22.3 Å². The van der Waals surface area contributed by atoms with Crippen LogP contribution in [0.25, 0.3) is 42.7 Å². The first-order valence-electron chi connectivity index (χ1n) is 16.9. The lowest BCUT2D eigenvalue weighted by Crippen LogP contribution is -2.30. The zero-order chi connectivity index (χ0) is 42.1. The van der Waals surface area contributed by atoms with Gasteiger partial charge in [0.2, 0.25) is 29.6 Å². The summed E-state index contributed by atoms with van der Waals surface area (Å²) in [6, 6.07) is 17.1. The Morgan fingerprint density at radius 1 is 0.729 bits per heavy atom. The molecule has 7 N–H and O–H groups in total. The number of nitrogens with one attached hydrogen (secondary N) is 2. The van der Waals surface area contributed by atoms with E-state index in [1.54, 1.807) is 18.2 Å². The molecule has 2 atom stereocenters. The molecule has 8 aromatic rings. The van der Waals surface area contributed by atoms with Gasteiger partial charge in [0.25, 0.3) is 26.3 Å². The quantitative estimate of drug-likeness (QED) is 0.109. The average Bonchev–Trinajstić information content (AvgIpc) is 4.02. The molecule has 0 radical (unpaired) electrons. The Kier molecular flexibility index (Phi) is 11.6. The Bertz CT molecular complexity index is 2990. The Hall–Kier alpha value is -5.64. The fourth-order valence-electron chi connectivity index (χ4n) is 5.27. The van der Waals surface area contributed by atoms with Gasteiger partial charge in [-0.05, 0) is 73.5 Å². The normalized spacial score (nSPS) is 13.6. The van der Waals surface area contributed by atoms with Gasteiger partial charge in [0.15, 0.2) is 5.60 Å². The Morgan fingerprint density at radius 3 is 1.78 bits per heavy atom. The number of fused-ring (bicyclic) bond motifs is 2. The second-order valence-corrected chi connectivity index (χ2v) is 17.6. The third-order valence-electron chi connectivity index (χ3n) is 8.29. The number of aromatic nitrogens is 8. The number of halogens is 2. The van der Waals surface area contributed by atoms with Crippen molar-refractivity contribution in [2.75, 3.05) is 0 Å².